The van der Waals surface area contributed by atoms with E-state index in [0.717, 1.165) is 5.52 Å². The molecule has 0 unspecified atom stereocenters. The number of benzene rings is 1. The van der Waals surface area contributed by atoms with Crippen LogP contribution in [0.1, 0.15) is 32.6 Å². The average molecular weight is 321 g/mol. The Bertz CT molecular complexity index is 699. The van der Waals surface area contributed by atoms with Crippen molar-refractivity contribution >= 4 is 22.8 Å². The molecule has 2 rings (SSSR count). The van der Waals surface area contributed by atoms with Crippen molar-refractivity contribution in [2.45, 2.75) is 39.3 Å². The van der Waals surface area contributed by atoms with E-state index in [9.17, 15) is 15.0 Å². The third-order valence-corrected chi connectivity index (χ3v) is 3.30. The van der Waals surface area contributed by atoms with Gasteiger partial charge in [0.25, 0.3) is 0 Å². The van der Waals surface area contributed by atoms with Gasteiger partial charge in [0.2, 0.25) is 0 Å². The minimum absolute atomic E-state index is 0.180. The van der Waals surface area contributed by atoms with Gasteiger partial charge in [-0.2, -0.15) is 0 Å². The number of rotatable bonds is 4. The number of hydrogen-bond donors (Lipinski definition) is 3. The van der Waals surface area contributed by atoms with E-state index in [1.165, 1.54) is 0 Å². The third kappa shape index (κ3) is 4.00. The average Bonchev–Trinajstić information content (AvgIpc) is 2.74. The molecule has 1 heterocycles. The summed E-state index contributed by atoms with van der Waals surface area (Å²) < 4.78 is 7.00. The Balaban J connectivity index is 2.29. The summed E-state index contributed by atoms with van der Waals surface area (Å²) in [6, 6.07) is 4.81. The molecule has 1 aromatic carbocycles. The molecule has 126 valence electrons. The van der Waals surface area contributed by atoms with Gasteiger partial charge in [-0.25, -0.2) is 9.78 Å². The fraction of sp³-hybridized carbons (Fsp3) is 0.500. The van der Waals surface area contributed by atoms with Crippen LogP contribution in [0.15, 0.2) is 18.2 Å². The zero-order valence-electron chi connectivity index (χ0n) is 13.8. The lowest BCUT2D eigenvalue weighted by molar-refractivity contribution is 0.0636. The van der Waals surface area contributed by atoms with Crippen LogP contribution < -0.4 is 5.32 Å². The quantitative estimate of drug-likeness (QED) is 0.802. The van der Waals surface area contributed by atoms with Crippen LogP contribution in [0.4, 0.5) is 10.5 Å². The highest BCUT2D eigenvalue weighted by molar-refractivity contribution is 5.89. The second-order valence-electron chi connectivity index (χ2n) is 6.38. The SMILES string of the molecule is Cc1nc2cc(NC(=O)OC(C)(C)C)ccc2n1C(CO)CO. The summed E-state index contributed by atoms with van der Waals surface area (Å²) in [6.07, 6.45) is -0.531. The number of anilines is 1. The first-order chi connectivity index (χ1) is 10.7. The Hall–Kier alpha value is -2.12. The molecule has 2 aromatic rings. The van der Waals surface area contributed by atoms with Gasteiger partial charge in [0.1, 0.15) is 11.4 Å². The lowest BCUT2D eigenvalue weighted by Crippen LogP contribution is -2.27. The van der Waals surface area contributed by atoms with Gasteiger partial charge in [-0.1, -0.05) is 0 Å². The van der Waals surface area contributed by atoms with E-state index in [0.29, 0.717) is 17.0 Å². The highest BCUT2D eigenvalue weighted by atomic mass is 16.6. The van der Waals surface area contributed by atoms with E-state index < -0.39 is 17.7 Å². The van der Waals surface area contributed by atoms with Gasteiger partial charge < -0.3 is 19.5 Å². The van der Waals surface area contributed by atoms with Crippen molar-refractivity contribution in [1.82, 2.24) is 9.55 Å². The molecule has 0 aliphatic carbocycles. The lowest BCUT2D eigenvalue weighted by atomic mass is 10.2. The van der Waals surface area contributed by atoms with Crippen LogP contribution >= 0.6 is 0 Å². The normalized spacial score (nSPS) is 12.0. The second kappa shape index (κ2) is 6.55. The summed E-state index contributed by atoms with van der Waals surface area (Å²) >= 11 is 0. The zero-order chi connectivity index (χ0) is 17.2. The van der Waals surface area contributed by atoms with Gasteiger partial charge >= 0.3 is 6.09 Å². The number of hydrogen-bond acceptors (Lipinski definition) is 5. The molecule has 23 heavy (non-hydrogen) atoms. The predicted octanol–water partition coefficient (Wildman–Crippen LogP) is 2.22. The van der Waals surface area contributed by atoms with Crippen molar-refractivity contribution in [2.75, 3.05) is 18.5 Å². The van der Waals surface area contributed by atoms with Crippen molar-refractivity contribution in [1.29, 1.82) is 0 Å². The Morgan fingerprint density at radius 2 is 2.00 bits per heavy atom. The van der Waals surface area contributed by atoms with Crippen LogP contribution in [0.3, 0.4) is 0 Å². The first-order valence-electron chi connectivity index (χ1n) is 7.45. The summed E-state index contributed by atoms with van der Waals surface area (Å²) in [5, 5.41) is 21.4. The standard InChI is InChI=1S/C16H23N3O4/c1-10-17-13-7-11(18-15(22)23-16(2,3)4)5-6-14(13)19(10)12(8-20)9-21/h5-7,12,20-21H,8-9H2,1-4H3,(H,18,22). The van der Waals surface area contributed by atoms with Crippen molar-refractivity contribution in [3.8, 4) is 0 Å². The number of nitrogens with one attached hydrogen (secondary N) is 1. The molecule has 0 aliphatic rings. The number of aliphatic hydroxyl groups is 2. The van der Waals surface area contributed by atoms with Crippen LogP contribution in [0.5, 0.6) is 0 Å². The molecule has 0 aliphatic heterocycles. The smallest absolute Gasteiger partial charge is 0.412 e. The van der Waals surface area contributed by atoms with Crippen LogP contribution in [0, 0.1) is 6.92 Å². The minimum atomic E-state index is -0.568. The van der Waals surface area contributed by atoms with Crippen molar-refractivity contribution < 1.29 is 19.7 Å². The number of ether oxygens (including phenoxy) is 1. The third-order valence-electron chi connectivity index (χ3n) is 3.30. The fourth-order valence-corrected chi connectivity index (χ4v) is 2.40. The molecule has 0 fully saturated rings. The predicted molar refractivity (Wildman–Crippen MR) is 87.5 cm³/mol. The largest absolute Gasteiger partial charge is 0.444 e. The number of amides is 1. The summed E-state index contributed by atoms with van der Waals surface area (Å²) in [4.78, 5) is 16.2. The highest BCUT2D eigenvalue weighted by Gasteiger charge is 2.18. The van der Waals surface area contributed by atoms with Gasteiger partial charge in [0.05, 0.1) is 30.3 Å². The van der Waals surface area contributed by atoms with Crippen LogP contribution in [0.2, 0.25) is 0 Å². The monoisotopic (exact) mass is 321 g/mol. The lowest BCUT2D eigenvalue weighted by Gasteiger charge is -2.19. The van der Waals surface area contributed by atoms with Gasteiger partial charge in [0.15, 0.2) is 0 Å². The zero-order valence-corrected chi connectivity index (χ0v) is 13.8. The van der Waals surface area contributed by atoms with Crippen molar-refractivity contribution in [3.05, 3.63) is 24.0 Å². The molecule has 0 saturated heterocycles. The van der Waals surface area contributed by atoms with E-state index in [-0.39, 0.29) is 13.2 Å². The van der Waals surface area contributed by atoms with Crippen LogP contribution in [0.25, 0.3) is 11.0 Å². The van der Waals surface area contributed by atoms with Gasteiger partial charge in [-0.05, 0) is 45.9 Å². The Kier molecular flexibility index (Phi) is 4.91. The summed E-state index contributed by atoms with van der Waals surface area (Å²) in [6.45, 7) is 6.83. The molecule has 1 aromatic heterocycles. The fourth-order valence-electron chi connectivity index (χ4n) is 2.40. The maximum atomic E-state index is 11.8. The molecule has 0 radical (unpaired) electrons. The molecule has 7 nitrogen and oxygen atoms in total. The summed E-state index contributed by atoms with van der Waals surface area (Å²) in [7, 11) is 0. The highest BCUT2D eigenvalue weighted by Crippen LogP contribution is 2.24. The van der Waals surface area contributed by atoms with E-state index in [1.807, 2.05) is 0 Å². The minimum Gasteiger partial charge on any atom is -0.444 e. The molecular weight excluding hydrogens is 298 g/mol. The van der Waals surface area contributed by atoms with E-state index in [1.54, 1.807) is 50.5 Å². The molecule has 3 N–H and O–H groups in total. The van der Waals surface area contributed by atoms with Crippen LogP contribution in [-0.2, 0) is 4.74 Å². The number of nitrogens with zero attached hydrogens (tertiary/aromatic N) is 2. The first-order valence-corrected chi connectivity index (χ1v) is 7.45. The molecule has 1 amide bonds. The summed E-state index contributed by atoms with van der Waals surface area (Å²) in [5.41, 5.74) is 1.45. The number of carbonyl (C=O) groups is 1. The van der Waals surface area contributed by atoms with Crippen molar-refractivity contribution in [2.24, 2.45) is 0 Å². The Morgan fingerprint density at radius 1 is 1.35 bits per heavy atom. The molecule has 7 heteroatoms. The molecule has 0 atom stereocenters. The van der Waals surface area contributed by atoms with E-state index >= 15 is 0 Å². The topological polar surface area (TPSA) is 96.6 Å². The van der Waals surface area contributed by atoms with E-state index in [2.05, 4.69) is 10.3 Å². The maximum absolute atomic E-state index is 11.8. The molecule has 0 bridgehead atoms. The Morgan fingerprint density at radius 3 is 2.57 bits per heavy atom. The Labute approximate surface area is 134 Å². The number of aliphatic hydroxyl groups excluding tert-OH is 2. The number of aromatic nitrogens is 2. The number of fused-ring (bicyclic) bond motifs is 1. The molecular formula is C16H23N3O4. The molecule has 0 spiro atoms. The van der Waals surface area contributed by atoms with Crippen LogP contribution in [-0.4, -0.2) is 44.7 Å². The van der Waals surface area contributed by atoms with Gasteiger partial charge in [-0.15, -0.1) is 0 Å². The molecule has 0 saturated carbocycles. The number of carbonyl (C=O) groups excluding carboxylic acids is 1. The van der Waals surface area contributed by atoms with Gasteiger partial charge in [0, 0.05) is 5.69 Å². The first kappa shape index (κ1) is 17.2. The van der Waals surface area contributed by atoms with E-state index in [4.69, 9.17) is 4.74 Å². The van der Waals surface area contributed by atoms with Crippen molar-refractivity contribution in [3.63, 3.8) is 0 Å². The van der Waals surface area contributed by atoms with Gasteiger partial charge in [-0.3, -0.25) is 5.32 Å². The second-order valence-corrected chi connectivity index (χ2v) is 6.38. The number of aryl methyl sites for hydroxylation is 1. The maximum Gasteiger partial charge on any atom is 0.412 e. The summed E-state index contributed by atoms with van der Waals surface area (Å²) in [5.74, 6) is 0.683. The number of imidazole rings is 1.